The van der Waals surface area contributed by atoms with E-state index in [9.17, 15) is 24.4 Å². The van der Waals surface area contributed by atoms with E-state index in [0.29, 0.717) is 11.4 Å². The zero-order valence-corrected chi connectivity index (χ0v) is 19.4. The average molecular weight is 463 g/mol. The van der Waals surface area contributed by atoms with Gasteiger partial charge in [-0.15, -0.1) is 0 Å². The number of rotatable bonds is 6. The van der Waals surface area contributed by atoms with E-state index in [1.165, 1.54) is 19.1 Å². The van der Waals surface area contributed by atoms with Crippen molar-refractivity contribution in [3.05, 3.63) is 52.2 Å². The van der Waals surface area contributed by atoms with Crippen molar-refractivity contribution in [2.45, 2.75) is 58.5 Å². The molecule has 1 aliphatic heterocycles. The molecule has 2 aliphatic rings. The Bertz CT molecular complexity index is 1200. The number of hydrogen-bond acceptors (Lipinski definition) is 6. The normalized spacial score (nSPS) is 16.4. The zero-order chi connectivity index (χ0) is 24.6. The van der Waals surface area contributed by atoms with Gasteiger partial charge in [-0.2, -0.15) is 5.26 Å². The number of fused-ring (bicyclic) bond motifs is 1. The SMILES string of the molecule is Cc1c(C#N)c(NC(=O)COC(=O)C(C)N2C(=O)c3ccccc3C2=O)n(C2CCCC2)c1C. The van der Waals surface area contributed by atoms with Crippen LogP contribution in [0.3, 0.4) is 0 Å². The predicted octanol–water partition coefficient (Wildman–Crippen LogP) is 3.26. The summed E-state index contributed by atoms with van der Waals surface area (Å²) in [5.74, 6) is -2.21. The average Bonchev–Trinajstić information content (AvgIpc) is 3.50. The van der Waals surface area contributed by atoms with Gasteiger partial charge in [0.05, 0.1) is 16.7 Å². The molecule has 34 heavy (non-hydrogen) atoms. The number of imide groups is 1. The summed E-state index contributed by atoms with van der Waals surface area (Å²) in [4.78, 5) is 51.3. The molecule has 176 valence electrons. The molecule has 0 saturated heterocycles. The fourth-order valence-corrected chi connectivity index (χ4v) is 4.80. The lowest BCUT2D eigenvalue weighted by atomic mass is 10.1. The summed E-state index contributed by atoms with van der Waals surface area (Å²) in [5.41, 5.74) is 2.58. The quantitative estimate of drug-likeness (QED) is 0.519. The first kappa shape index (κ1) is 23.2. The molecule has 1 fully saturated rings. The monoisotopic (exact) mass is 462 g/mol. The number of benzene rings is 1. The number of esters is 1. The Morgan fingerprint density at radius 2 is 1.74 bits per heavy atom. The number of amides is 3. The van der Waals surface area contributed by atoms with Crippen molar-refractivity contribution in [2.24, 2.45) is 0 Å². The highest BCUT2D eigenvalue weighted by Gasteiger charge is 2.41. The summed E-state index contributed by atoms with van der Waals surface area (Å²) in [6, 6.07) is 7.51. The molecule has 0 radical (unpaired) electrons. The smallest absolute Gasteiger partial charge is 0.329 e. The van der Waals surface area contributed by atoms with Crippen molar-refractivity contribution >= 4 is 29.5 Å². The van der Waals surface area contributed by atoms with Crippen LogP contribution in [-0.2, 0) is 14.3 Å². The third-order valence-electron chi connectivity index (χ3n) is 6.72. The standard InChI is InChI=1S/C25H26N4O5/c1-14-15(2)28(17-8-4-5-9-17)22(20(14)12-26)27-21(30)13-34-25(33)16(3)29-23(31)18-10-6-7-11-19(18)24(29)32/h6-7,10-11,16-17H,4-5,8-9,13H2,1-3H3,(H,27,30). The van der Waals surface area contributed by atoms with Gasteiger partial charge < -0.3 is 14.6 Å². The van der Waals surface area contributed by atoms with Crippen LogP contribution in [0.2, 0.25) is 0 Å². The van der Waals surface area contributed by atoms with Crippen molar-refractivity contribution in [1.82, 2.24) is 9.47 Å². The maximum atomic E-state index is 12.7. The molecule has 1 saturated carbocycles. The molecular weight excluding hydrogens is 436 g/mol. The molecule has 3 amide bonds. The number of hydrogen-bond donors (Lipinski definition) is 1. The van der Waals surface area contributed by atoms with Crippen LogP contribution in [0.5, 0.6) is 0 Å². The minimum absolute atomic E-state index is 0.201. The number of carbonyl (C=O) groups is 4. The largest absolute Gasteiger partial charge is 0.454 e. The van der Waals surface area contributed by atoms with Gasteiger partial charge in [-0.1, -0.05) is 25.0 Å². The highest BCUT2D eigenvalue weighted by molar-refractivity contribution is 6.22. The molecule has 0 bridgehead atoms. The van der Waals surface area contributed by atoms with Gasteiger partial charge in [0.1, 0.15) is 17.9 Å². The van der Waals surface area contributed by atoms with Crippen LogP contribution in [0.15, 0.2) is 24.3 Å². The maximum absolute atomic E-state index is 12.7. The maximum Gasteiger partial charge on any atom is 0.329 e. The lowest BCUT2D eigenvalue weighted by molar-refractivity contribution is -0.150. The topological polar surface area (TPSA) is 122 Å². The van der Waals surface area contributed by atoms with Crippen LogP contribution in [0.1, 0.15) is 76.2 Å². The third kappa shape index (κ3) is 3.85. The molecule has 1 aromatic carbocycles. The molecule has 0 spiro atoms. The number of anilines is 1. The van der Waals surface area contributed by atoms with Crippen molar-refractivity contribution in [1.29, 1.82) is 5.26 Å². The Kier molecular flexibility index (Phi) is 6.24. The number of nitrogens with one attached hydrogen (secondary N) is 1. The van der Waals surface area contributed by atoms with Crippen molar-refractivity contribution < 1.29 is 23.9 Å². The lowest BCUT2D eigenvalue weighted by Crippen LogP contribution is -2.44. The molecule has 1 aromatic heterocycles. The first-order valence-electron chi connectivity index (χ1n) is 11.3. The van der Waals surface area contributed by atoms with Crippen LogP contribution >= 0.6 is 0 Å². The van der Waals surface area contributed by atoms with Gasteiger partial charge in [-0.05, 0) is 51.3 Å². The number of ether oxygens (including phenoxy) is 1. The van der Waals surface area contributed by atoms with E-state index >= 15 is 0 Å². The fourth-order valence-electron chi connectivity index (χ4n) is 4.80. The Balaban J connectivity index is 1.44. The van der Waals surface area contributed by atoms with Crippen LogP contribution in [0, 0.1) is 25.2 Å². The van der Waals surface area contributed by atoms with E-state index in [1.807, 2.05) is 18.4 Å². The first-order valence-corrected chi connectivity index (χ1v) is 11.3. The number of aromatic nitrogens is 1. The van der Waals surface area contributed by atoms with Crippen molar-refractivity contribution in [2.75, 3.05) is 11.9 Å². The zero-order valence-electron chi connectivity index (χ0n) is 19.4. The Hall–Kier alpha value is -3.93. The Morgan fingerprint density at radius 3 is 2.29 bits per heavy atom. The van der Waals surface area contributed by atoms with E-state index in [-0.39, 0.29) is 17.2 Å². The minimum atomic E-state index is -1.19. The van der Waals surface area contributed by atoms with Crippen LogP contribution in [0.4, 0.5) is 5.82 Å². The molecule has 2 aromatic rings. The van der Waals surface area contributed by atoms with Crippen LogP contribution in [-0.4, -0.2) is 45.8 Å². The molecule has 2 heterocycles. The van der Waals surface area contributed by atoms with Gasteiger partial charge in [-0.25, -0.2) is 4.79 Å². The van der Waals surface area contributed by atoms with Crippen molar-refractivity contribution in [3.63, 3.8) is 0 Å². The number of nitriles is 1. The van der Waals surface area contributed by atoms with E-state index in [1.54, 1.807) is 12.1 Å². The molecule has 4 rings (SSSR count). The predicted molar refractivity (Wildman–Crippen MR) is 122 cm³/mol. The Morgan fingerprint density at radius 1 is 1.15 bits per heavy atom. The summed E-state index contributed by atoms with van der Waals surface area (Å²) in [7, 11) is 0. The van der Waals surface area contributed by atoms with Gasteiger partial charge in [0, 0.05) is 11.7 Å². The molecular formula is C25H26N4O5. The van der Waals surface area contributed by atoms with E-state index < -0.39 is 36.3 Å². The van der Waals surface area contributed by atoms with Gasteiger partial charge in [0.15, 0.2) is 6.61 Å². The summed E-state index contributed by atoms with van der Waals surface area (Å²) < 4.78 is 7.13. The van der Waals surface area contributed by atoms with Crippen molar-refractivity contribution in [3.8, 4) is 6.07 Å². The van der Waals surface area contributed by atoms with Gasteiger partial charge in [0.25, 0.3) is 17.7 Å². The molecule has 1 atom stereocenters. The first-order chi connectivity index (χ1) is 16.3. The van der Waals surface area contributed by atoms with Gasteiger partial charge >= 0.3 is 5.97 Å². The Labute approximate surface area is 197 Å². The van der Waals surface area contributed by atoms with Gasteiger partial charge in [0.2, 0.25) is 0 Å². The second-order valence-corrected chi connectivity index (χ2v) is 8.71. The second-order valence-electron chi connectivity index (χ2n) is 8.71. The second kappa shape index (κ2) is 9.14. The summed E-state index contributed by atoms with van der Waals surface area (Å²) in [6.45, 7) is 4.55. The third-order valence-corrected chi connectivity index (χ3v) is 6.72. The van der Waals surface area contributed by atoms with Gasteiger partial charge in [-0.3, -0.25) is 19.3 Å². The molecule has 9 nitrogen and oxygen atoms in total. The molecule has 1 aliphatic carbocycles. The molecule has 9 heteroatoms. The summed E-state index contributed by atoms with van der Waals surface area (Å²) >= 11 is 0. The summed E-state index contributed by atoms with van der Waals surface area (Å²) in [5, 5.41) is 12.4. The molecule has 1 N–H and O–H groups in total. The minimum Gasteiger partial charge on any atom is -0.454 e. The van der Waals surface area contributed by atoms with E-state index in [4.69, 9.17) is 4.74 Å². The highest BCUT2D eigenvalue weighted by Crippen LogP contribution is 2.37. The molecule has 1 unspecified atom stereocenters. The lowest BCUT2D eigenvalue weighted by Gasteiger charge is -2.21. The summed E-state index contributed by atoms with van der Waals surface area (Å²) in [6.07, 6.45) is 4.11. The van der Waals surface area contributed by atoms with E-state index in [2.05, 4.69) is 11.4 Å². The number of carbonyl (C=O) groups excluding carboxylic acids is 4. The van der Waals surface area contributed by atoms with E-state index in [0.717, 1.165) is 41.8 Å². The number of nitrogens with zero attached hydrogens (tertiary/aromatic N) is 3. The highest BCUT2D eigenvalue weighted by atomic mass is 16.5. The van der Waals surface area contributed by atoms with Crippen LogP contribution in [0.25, 0.3) is 0 Å². The fraction of sp³-hybridized carbons (Fsp3) is 0.400. The van der Waals surface area contributed by atoms with Crippen LogP contribution < -0.4 is 5.32 Å².